The van der Waals surface area contributed by atoms with Crippen molar-refractivity contribution in [1.82, 2.24) is 40.8 Å². The van der Waals surface area contributed by atoms with E-state index >= 15 is 0 Å². The summed E-state index contributed by atoms with van der Waals surface area (Å²) in [5.74, 6) is 1.31. The fraction of sp³-hybridized carbons (Fsp3) is 0.440. The number of ether oxygens (including phenoxy) is 4. The Morgan fingerprint density at radius 3 is 2.08 bits per heavy atom. The zero-order valence-electron chi connectivity index (χ0n) is 37.5. The molecule has 1 unspecified atom stereocenters. The lowest BCUT2D eigenvalue weighted by atomic mass is 9.90. The van der Waals surface area contributed by atoms with Gasteiger partial charge in [0.1, 0.15) is 23.7 Å². The van der Waals surface area contributed by atoms with Crippen LogP contribution in [0, 0.1) is 11.8 Å². The summed E-state index contributed by atoms with van der Waals surface area (Å²) in [7, 11) is 2.61. The SMILES string of the molecule is COC(=O)NC(C(=O)NCCCCc1nc2c(ccc3cc(-c4ccc5cc(-c6cnc([C@@H]7CCCN7C(=O)[C@@H](NC(=O)OC)C7CCOCC7)[nH]6)ccc5c4)ccc32)[nH]1)C1CCOCC1. The summed E-state index contributed by atoms with van der Waals surface area (Å²) in [5, 5.41) is 12.9. The van der Waals surface area contributed by atoms with Crippen LogP contribution < -0.4 is 16.0 Å². The van der Waals surface area contributed by atoms with E-state index in [1.165, 1.54) is 14.2 Å². The lowest BCUT2D eigenvalue weighted by molar-refractivity contribution is -0.136. The molecule has 4 aromatic carbocycles. The largest absolute Gasteiger partial charge is 0.453 e. The molecule has 5 N–H and O–H groups in total. The van der Waals surface area contributed by atoms with Crippen molar-refractivity contribution in [3.8, 4) is 22.4 Å². The lowest BCUT2D eigenvalue weighted by Crippen LogP contribution is -2.53. The van der Waals surface area contributed by atoms with Gasteiger partial charge < -0.3 is 49.8 Å². The van der Waals surface area contributed by atoms with Crippen molar-refractivity contribution in [3.05, 3.63) is 84.6 Å². The van der Waals surface area contributed by atoms with Gasteiger partial charge in [0.05, 0.1) is 43.2 Å². The number of aromatic amines is 2. The van der Waals surface area contributed by atoms with Gasteiger partial charge in [0, 0.05) is 56.9 Å². The van der Waals surface area contributed by atoms with Gasteiger partial charge in [-0.25, -0.2) is 19.6 Å². The van der Waals surface area contributed by atoms with Gasteiger partial charge in [-0.1, -0.05) is 42.5 Å². The Kier molecular flexibility index (Phi) is 13.8. The molecule has 0 spiro atoms. The Bertz CT molecular complexity index is 2700. The number of carbonyl (C=O) groups excluding carboxylic acids is 4. The third-order valence-electron chi connectivity index (χ3n) is 13.5. The summed E-state index contributed by atoms with van der Waals surface area (Å²) in [6, 6.07) is 22.1. The molecule has 3 fully saturated rings. The average molecular weight is 899 g/mol. The second kappa shape index (κ2) is 20.3. The Morgan fingerprint density at radius 2 is 1.36 bits per heavy atom. The first-order valence-electron chi connectivity index (χ1n) is 23.2. The monoisotopic (exact) mass is 898 g/mol. The summed E-state index contributed by atoms with van der Waals surface area (Å²) >= 11 is 0. The summed E-state index contributed by atoms with van der Waals surface area (Å²) in [4.78, 5) is 70.0. The molecule has 4 amide bonds. The fourth-order valence-electron chi connectivity index (χ4n) is 9.88. The molecule has 3 saturated heterocycles. The van der Waals surface area contributed by atoms with Gasteiger partial charge in [-0.2, -0.15) is 0 Å². The van der Waals surface area contributed by atoms with Crippen LogP contribution in [0.1, 0.15) is 69.1 Å². The highest BCUT2D eigenvalue weighted by Gasteiger charge is 2.40. The Balaban J connectivity index is 0.829. The summed E-state index contributed by atoms with van der Waals surface area (Å²) in [5.41, 5.74) is 6.02. The number of alkyl carbamates (subject to hydrolysis) is 2. The van der Waals surface area contributed by atoms with E-state index in [9.17, 15) is 19.2 Å². The summed E-state index contributed by atoms with van der Waals surface area (Å²) in [6.45, 7) is 3.36. The Hall–Kier alpha value is -6.52. The molecule has 5 heterocycles. The van der Waals surface area contributed by atoms with Gasteiger partial charge in [0.15, 0.2) is 0 Å². The number of H-pyrrole nitrogens is 2. The van der Waals surface area contributed by atoms with Crippen molar-refractivity contribution in [2.45, 2.75) is 75.9 Å². The zero-order chi connectivity index (χ0) is 45.6. The molecule has 2 aromatic heterocycles. The van der Waals surface area contributed by atoms with Crippen LogP contribution in [0.25, 0.3) is 55.0 Å². The van der Waals surface area contributed by atoms with E-state index in [0.717, 1.165) is 98.7 Å². The van der Waals surface area contributed by atoms with Crippen LogP contribution in [-0.2, 0) is 35.0 Å². The zero-order valence-corrected chi connectivity index (χ0v) is 37.5. The maximum atomic E-state index is 14.0. The third-order valence-corrected chi connectivity index (χ3v) is 13.5. The predicted octanol–water partition coefficient (Wildman–Crippen LogP) is 7.33. The van der Waals surface area contributed by atoms with E-state index < -0.39 is 24.3 Å². The van der Waals surface area contributed by atoms with Crippen molar-refractivity contribution < 1.29 is 38.1 Å². The van der Waals surface area contributed by atoms with Crippen molar-refractivity contribution in [2.24, 2.45) is 11.8 Å². The molecule has 3 atom stereocenters. The number of benzene rings is 4. The Morgan fingerprint density at radius 1 is 0.742 bits per heavy atom. The van der Waals surface area contributed by atoms with Gasteiger partial charge >= 0.3 is 12.2 Å². The molecule has 0 bridgehead atoms. The van der Waals surface area contributed by atoms with Crippen molar-refractivity contribution in [3.63, 3.8) is 0 Å². The minimum atomic E-state index is -0.684. The minimum absolute atomic E-state index is 0.00450. The number of nitrogens with one attached hydrogen (secondary N) is 5. The Labute approximate surface area is 382 Å². The molecule has 66 heavy (non-hydrogen) atoms. The van der Waals surface area contributed by atoms with E-state index in [1.807, 2.05) is 11.1 Å². The first-order valence-corrected chi connectivity index (χ1v) is 23.2. The third kappa shape index (κ3) is 9.84. The standard InChI is InChI=1S/C50H58N8O8/c1-63-49(61)56-43(30-16-22-65-23-17-30)47(59)51-20-4-3-7-42-53-39-15-13-36-27-35(12-14-38(36)45(39)55-42)32-8-9-34-28-37(11-10-33(34)26-32)40-29-52-46(54-40)41-6-5-21-58(41)48(60)44(57-50(62)64-2)31-18-24-66-25-19-31/h8-15,26-31,41,43-44H,3-7,16-25H2,1-2H3,(H,51,59)(H,52,54)(H,53,55)(H,56,61)(H,57,62)/t41-,43?,44-/m0/s1. The van der Waals surface area contributed by atoms with Crippen molar-refractivity contribution in [1.29, 1.82) is 0 Å². The van der Waals surface area contributed by atoms with Crippen LogP contribution in [0.5, 0.6) is 0 Å². The molecule has 0 saturated carbocycles. The van der Waals surface area contributed by atoms with Crippen LogP contribution in [0.4, 0.5) is 9.59 Å². The average Bonchev–Trinajstić information content (AvgIpc) is 4.15. The number of aromatic nitrogens is 4. The van der Waals surface area contributed by atoms with Crippen LogP contribution in [0.15, 0.2) is 72.9 Å². The lowest BCUT2D eigenvalue weighted by Gasteiger charge is -2.34. The first-order chi connectivity index (χ1) is 32.3. The second-order valence-corrected chi connectivity index (χ2v) is 17.6. The van der Waals surface area contributed by atoms with E-state index in [-0.39, 0.29) is 29.7 Å². The smallest absolute Gasteiger partial charge is 0.407 e. The number of amides is 4. The maximum Gasteiger partial charge on any atom is 0.407 e. The molecule has 3 aliphatic rings. The quantitative estimate of drug-likeness (QED) is 0.0690. The molecule has 9 rings (SSSR count). The maximum absolute atomic E-state index is 14.0. The number of methoxy groups -OCH3 is 2. The van der Waals surface area contributed by atoms with E-state index in [2.05, 4.69) is 92.6 Å². The number of carbonyl (C=O) groups is 4. The number of aryl methyl sites for hydroxylation is 1. The molecule has 16 heteroatoms. The van der Waals surface area contributed by atoms with Gasteiger partial charge in [0.25, 0.3) is 0 Å². The first kappa shape index (κ1) is 44.7. The van der Waals surface area contributed by atoms with Gasteiger partial charge in [0.2, 0.25) is 11.8 Å². The number of rotatable bonds is 14. The molecule has 3 aliphatic heterocycles. The number of nitrogens with zero attached hydrogens (tertiary/aromatic N) is 3. The molecular weight excluding hydrogens is 841 g/mol. The second-order valence-electron chi connectivity index (χ2n) is 17.6. The number of imidazole rings is 2. The molecule has 346 valence electrons. The van der Waals surface area contributed by atoms with Crippen molar-refractivity contribution in [2.75, 3.05) is 53.7 Å². The molecule has 6 aromatic rings. The van der Waals surface area contributed by atoms with Gasteiger partial charge in [-0.05, 0) is 115 Å². The highest BCUT2D eigenvalue weighted by Crippen LogP contribution is 2.36. The van der Waals surface area contributed by atoms with E-state index in [1.54, 1.807) is 0 Å². The number of likely N-dealkylation sites (tertiary alicyclic amines) is 1. The summed E-state index contributed by atoms with van der Waals surface area (Å²) in [6.07, 6.45) is 7.39. The van der Waals surface area contributed by atoms with Crippen LogP contribution in [-0.4, -0.2) is 115 Å². The number of fused-ring (bicyclic) bond motifs is 4. The van der Waals surface area contributed by atoms with Crippen LogP contribution in [0.3, 0.4) is 0 Å². The molecule has 0 radical (unpaired) electrons. The van der Waals surface area contributed by atoms with E-state index in [0.29, 0.717) is 65.2 Å². The van der Waals surface area contributed by atoms with Gasteiger partial charge in [-0.15, -0.1) is 0 Å². The van der Waals surface area contributed by atoms with Crippen LogP contribution >= 0.6 is 0 Å². The minimum Gasteiger partial charge on any atom is -0.453 e. The highest BCUT2D eigenvalue weighted by atomic mass is 16.5. The van der Waals surface area contributed by atoms with Crippen molar-refractivity contribution >= 4 is 56.6 Å². The van der Waals surface area contributed by atoms with E-state index in [4.69, 9.17) is 28.9 Å². The summed E-state index contributed by atoms with van der Waals surface area (Å²) < 4.78 is 20.6. The molecular formula is C50H58N8O8. The number of hydrogen-bond acceptors (Lipinski definition) is 10. The highest BCUT2D eigenvalue weighted by molar-refractivity contribution is 6.05. The topological polar surface area (TPSA) is 202 Å². The molecule has 16 nitrogen and oxygen atoms in total. The fourth-order valence-corrected chi connectivity index (χ4v) is 9.88. The number of unbranched alkanes of at least 4 members (excludes halogenated alkanes) is 1. The normalized spacial score (nSPS) is 18.0. The number of hydrogen-bond donors (Lipinski definition) is 5. The van der Waals surface area contributed by atoms with Crippen LogP contribution in [0.2, 0.25) is 0 Å². The molecule has 0 aliphatic carbocycles. The van der Waals surface area contributed by atoms with Gasteiger partial charge in [-0.3, -0.25) is 9.59 Å². The predicted molar refractivity (Wildman–Crippen MR) is 250 cm³/mol.